The van der Waals surface area contributed by atoms with Gasteiger partial charge in [-0.3, -0.25) is 48.6 Å². The van der Waals surface area contributed by atoms with Crippen LogP contribution in [0.15, 0.2) is 167 Å². The molecule has 2 aliphatic rings. The van der Waals surface area contributed by atoms with Gasteiger partial charge in [0.2, 0.25) is 11.8 Å². The van der Waals surface area contributed by atoms with E-state index in [1.54, 1.807) is 150 Å². The van der Waals surface area contributed by atoms with Crippen molar-refractivity contribution in [2.24, 2.45) is 10.8 Å². The van der Waals surface area contributed by atoms with E-state index in [2.05, 4.69) is 55.9 Å². The fourth-order valence-corrected chi connectivity index (χ4v) is 11.6. The minimum absolute atomic E-state index is 0.0525. The number of thioether (sulfide) groups is 2. The minimum Gasteiger partial charge on any atom is -0.334 e. The normalized spacial score (nSPS) is 11.9. The number of urea groups is 4. The molecule has 0 aliphatic carbocycles. The van der Waals surface area contributed by atoms with Crippen LogP contribution in [0.2, 0.25) is 30.1 Å². The zero-order valence-corrected chi connectivity index (χ0v) is 76.6. The number of aromatic amines is 2. The van der Waals surface area contributed by atoms with Crippen LogP contribution in [0.3, 0.4) is 0 Å². The third kappa shape index (κ3) is 49.0. The molecule has 0 spiro atoms. The highest BCUT2D eigenvalue weighted by molar-refractivity contribution is 8.13. The van der Waals surface area contributed by atoms with Gasteiger partial charge in [-0.25, -0.2) is 29.3 Å². The molecule has 118 heavy (non-hydrogen) atoms. The van der Waals surface area contributed by atoms with E-state index in [9.17, 15) is 47.9 Å². The first-order valence-electron chi connectivity index (χ1n) is 38.3. The monoisotopic (exact) mass is 1790 g/mol. The lowest BCUT2D eigenvalue weighted by molar-refractivity contribution is -0.125. The van der Waals surface area contributed by atoms with Crippen molar-refractivity contribution in [1.29, 1.82) is 0 Å². The van der Waals surface area contributed by atoms with E-state index in [0.29, 0.717) is 41.5 Å². The highest BCUT2D eigenvalue weighted by atomic mass is 35.5. The van der Waals surface area contributed by atoms with Gasteiger partial charge in [0.1, 0.15) is 0 Å². The number of likely N-dealkylation sites (tertiary alicyclic amines) is 2. The summed E-state index contributed by atoms with van der Waals surface area (Å²) in [5.74, 6) is 1.90. The topological polar surface area (TPSA) is 312 Å². The standard InChI is InChI=1S/2C13H18ClNO.2C9H11ClN2O2.2C9H11ClN2O.2C9H17NOS.C4H4N2O2/c2*1-4-9-13(2,3)12(16)15-11-7-5-10(14)6-8-11;2*1-12(14-2)9(13)11-8-5-3-7(10)4-6-8;2*1-12(2)9(13)11-8-5-3-7(10)4-6-8;2*1-2-12-9(11)10-7-5-3-4-6-8-10;7-3-1-2-4(8)6-5-3/h2*5-8H,4,9H2,1-3H3,(H,15,16);2*3-6H,1-2H3,(H,11,13);2*3-6H,1-2H3,(H,11,13);2*2-8H2,1H3;1-2H,(H,5,7)(H,6,8). The summed E-state index contributed by atoms with van der Waals surface area (Å²) in [5, 5.41) is 27.3. The summed E-state index contributed by atoms with van der Waals surface area (Å²) in [6, 6.07) is 43.2. The third-order valence-electron chi connectivity index (χ3n) is 16.5. The summed E-state index contributed by atoms with van der Waals surface area (Å²) in [4.78, 5) is 128. The lowest BCUT2D eigenvalue weighted by Crippen LogP contribution is -2.30. The predicted octanol–water partition coefficient (Wildman–Crippen LogP) is 22.3. The Labute approximate surface area is 734 Å². The Morgan fingerprint density at radius 3 is 0.754 bits per heavy atom. The van der Waals surface area contributed by atoms with Crippen LogP contribution in [-0.4, -0.2) is 181 Å². The molecule has 34 heteroatoms. The predicted molar refractivity (Wildman–Crippen MR) is 491 cm³/mol. The maximum Gasteiger partial charge on any atom is 0.345 e. The zero-order chi connectivity index (χ0) is 88.8. The fourth-order valence-electron chi connectivity index (χ4n) is 9.61. The van der Waals surface area contributed by atoms with Crippen molar-refractivity contribution in [3.05, 3.63) is 209 Å². The number of amides is 12. The largest absolute Gasteiger partial charge is 0.345 e. The van der Waals surface area contributed by atoms with Crippen molar-refractivity contribution in [3.8, 4) is 0 Å². The molecule has 3 heterocycles. The van der Waals surface area contributed by atoms with Crippen LogP contribution in [0.25, 0.3) is 0 Å². The van der Waals surface area contributed by atoms with Gasteiger partial charge < -0.3 is 51.5 Å². The Morgan fingerprint density at radius 2 is 0.568 bits per heavy atom. The Balaban J connectivity index is 0.000000667. The van der Waals surface area contributed by atoms with Gasteiger partial charge in [0.15, 0.2) is 0 Å². The number of hydroxylamine groups is 4. The lowest BCUT2D eigenvalue weighted by atomic mass is 9.87. The Kier molecular flexibility index (Phi) is 55.2. The number of aromatic nitrogens is 2. The summed E-state index contributed by atoms with van der Waals surface area (Å²) in [5.41, 5.74) is 3.15. The first kappa shape index (κ1) is 107. The number of rotatable bonds is 16. The number of halogens is 6. The van der Waals surface area contributed by atoms with Crippen LogP contribution >= 0.6 is 93.1 Å². The number of carbonyl (C=O) groups excluding carboxylic acids is 8. The maximum absolute atomic E-state index is 12.0. The van der Waals surface area contributed by atoms with E-state index in [1.165, 1.54) is 125 Å². The molecule has 0 atom stereocenters. The van der Waals surface area contributed by atoms with Crippen LogP contribution in [0.4, 0.5) is 62.9 Å². The molecule has 9 rings (SSSR count). The molecule has 1 aromatic heterocycles. The van der Waals surface area contributed by atoms with Crippen molar-refractivity contribution in [3.63, 3.8) is 0 Å². The number of nitrogens with zero attached hydrogens (tertiary/aromatic N) is 6. The van der Waals surface area contributed by atoms with Gasteiger partial charge in [-0.05, 0) is 196 Å². The van der Waals surface area contributed by atoms with Crippen molar-refractivity contribution in [2.45, 2.75) is 132 Å². The lowest BCUT2D eigenvalue weighted by Gasteiger charge is -2.22. The Hall–Kier alpha value is -8.68. The van der Waals surface area contributed by atoms with Crippen molar-refractivity contribution in [2.75, 3.05) is 126 Å². The quantitative estimate of drug-likeness (QED) is 0.0417. The van der Waals surface area contributed by atoms with E-state index >= 15 is 0 Å². The van der Waals surface area contributed by atoms with Crippen LogP contribution < -0.4 is 43.0 Å². The van der Waals surface area contributed by atoms with Crippen molar-refractivity contribution >= 4 is 174 Å². The Bertz CT molecular complexity index is 3870. The average Bonchev–Trinajstić information content (AvgIpc) is 1.73. The average molecular weight is 1790 g/mol. The summed E-state index contributed by atoms with van der Waals surface area (Å²) in [6.45, 7) is 20.0. The number of hydrogen-bond donors (Lipinski definition) is 8. The van der Waals surface area contributed by atoms with Gasteiger partial charge in [-0.2, -0.15) is 0 Å². The number of benzene rings is 6. The zero-order valence-electron chi connectivity index (χ0n) is 70.4. The summed E-state index contributed by atoms with van der Waals surface area (Å²) < 4.78 is 0. The fraction of sp³-hybridized carbons (Fsp3) is 0.429. The number of anilines is 6. The van der Waals surface area contributed by atoms with Crippen LogP contribution in [0, 0.1) is 10.8 Å². The molecular formula is C84H118Cl6N14O12S2. The molecule has 7 aromatic rings. The number of hydrogen-bond acceptors (Lipinski definition) is 14. The van der Waals surface area contributed by atoms with Crippen LogP contribution in [-0.2, 0) is 19.3 Å². The van der Waals surface area contributed by atoms with E-state index in [-0.39, 0.29) is 68.4 Å². The third-order valence-corrected chi connectivity index (χ3v) is 19.6. The highest BCUT2D eigenvalue weighted by Gasteiger charge is 2.28. The number of H-pyrrole nitrogens is 2. The van der Waals surface area contributed by atoms with E-state index < -0.39 is 0 Å². The molecule has 650 valence electrons. The van der Waals surface area contributed by atoms with Gasteiger partial charge >= 0.3 is 24.1 Å². The smallest absolute Gasteiger partial charge is 0.334 e. The van der Waals surface area contributed by atoms with Gasteiger partial charge in [0, 0.05) is 156 Å². The first-order valence-corrected chi connectivity index (χ1v) is 42.5. The molecule has 2 aliphatic heterocycles. The molecular weight excluding hydrogens is 1670 g/mol. The summed E-state index contributed by atoms with van der Waals surface area (Å²) in [7, 11) is 12.6. The molecule has 12 amide bonds. The molecule has 26 nitrogen and oxygen atoms in total. The minimum atomic E-state index is -0.338. The number of carbonyl (C=O) groups is 8. The van der Waals surface area contributed by atoms with E-state index in [0.717, 1.165) is 96.2 Å². The molecule has 0 unspecified atom stereocenters. The van der Waals surface area contributed by atoms with Crippen LogP contribution in [0.1, 0.15) is 132 Å². The molecule has 0 saturated carbocycles. The summed E-state index contributed by atoms with van der Waals surface area (Å²) >= 11 is 37.2. The maximum atomic E-state index is 12.0. The number of nitrogens with one attached hydrogen (secondary N) is 8. The second-order valence-electron chi connectivity index (χ2n) is 27.6. The van der Waals surface area contributed by atoms with Gasteiger partial charge in [0.25, 0.3) is 21.6 Å². The molecule has 0 radical (unpaired) electrons. The summed E-state index contributed by atoms with van der Waals surface area (Å²) in [6.07, 6.45) is 13.7. The van der Waals surface area contributed by atoms with Crippen LogP contribution in [0.5, 0.6) is 0 Å². The van der Waals surface area contributed by atoms with Crippen molar-refractivity contribution in [1.82, 2.24) is 39.9 Å². The van der Waals surface area contributed by atoms with Gasteiger partial charge in [-0.15, -0.1) is 0 Å². The first-order chi connectivity index (χ1) is 55.8. The van der Waals surface area contributed by atoms with Crippen molar-refractivity contribution < 1.29 is 48.0 Å². The van der Waals surface area contributed by atoms with E-state index in [1.807, 2.05) is 75.6 Å². The second-order valence-corrected chi connectivity index (χ2v) is 32.6. The highest BCUT2D eigenvalue weighted by Crippen LogP contribution is 2.28. The van der Waals surface area contributed by atoms with Gasteiger partial charge in [0.05, 0.1) is 14.2 Å². The molecule has 0 bridgehead atoms. The van der Waals surface area contributed by atoms with E-state index in [4.69, 9.17) is 79.3 Å². The second kappa shape index (κ2) is 60.7. The Morgan fingerprint density at radius 1 is 0.356 bits per heavy atom. The van der Waals surface area contributed by atoms with Gasteiger partial charge in [-0.1, -0.05) is 187 Å². The molecule has 2 fully saturated rings. The molecule has 2 saturated heterocycles. The molecule has 8 N–H and O–H groups in total. The SMILES string of the molecule is CCCC(C)(C)C(=O)Nc1ccc(Cl)cc1.CCCC(C)(C)C(=O)Nc1ccc(Cl)cc1.CCSC(=O)N1CCCCCC1.CCSC(=O)N1CCCCCC1.CN(C)C(=O)Nc1ccc(Cl)cc1.CN(C)C(=O)Nc1ccc(Cl)cc1.CON(C)C(=O)Nc1ccc(Cl)cc1.CON(C)C(=O)Nc1ccc(Cl)cc1.O=c1ccc(=O)[nH][nH]1. The molecule has 6 aromatic carbocycles.